The Morgan fingerprint density at radius 1 is 1.43 bits per heavy atom. The molecule has 0 saturated heterocycles. The molecule has 3 N–H and O–H groups in total. The second-order valence-corrected chi connectivity index (χ2v) is 2.22. The van der Waals surface area contributed by atoms with Crippen molar-refractivity contribution in [1.29, 1.82) is 0 Å². The lowest BCUT2D eigenvalue weighted by atomic mass is 11.9. The van der Waals surface area contributed by atoms with Crippen LogP contribution in [0.1, 0.15) is 0 Å². The van der Waals surface area contributed by atoms with E-state index in [0.717, 1.165) is 0 Å². The SMILES string of the molecule is C[S+](C)[O-].Cl.NO. The van der Waals surface area contributed by atoms with Gasteiger partial charge in [-0.15, -0.1) is 12.4 Å². The molecule has 5 heteroatoms. The number of hydrogen-bond donors (Lipinski definition) is 2. The van der Waals surface area contributed by atoms with Crippen LogP contribution < -0.4 is 5.90 Å². The second-order valence-electron chi connectivity index (χ2n) is 0.742. The molecule has 0 unspecified atom stereocenters. The van der Waals surface area contributed by atoms with Crippen molar-refractivity contribution in [1.82, 2.24) is 0 Å². The van der Waals surface area contributed by atoms with Crippen LogP contribution in [-0.4, -0.2) is 22.3 Å². The van der Waals surface area contributed by atoms with E-state index in [9.17, 15) is 4.55 Å². The second kappa shape index (κ2) is 16.0. The number of hydrogen-bond acceptors (Lipinski definition) is 3. The quantitative estimate of drug-likeness (QED) is 0.367. The molecule has 0 saturated carbocycles. The van der Waals surface area contributed by atoms with Crippen molar-refractivity contribution in [3.8, 4) is 0 Å². The molecule has 0 aromatic carbocycles. The summed E-state index contributed by atoms with van der Waals surface area (Å²) < 4.78 is 9.56. The van der Waals surface area contributed by atoms with E-state index in [2.05, 4.69) is 5.90 Å². The highest BCUT2D eigenvalue weighted by molar-refractivity contribution is 7.89. The zero-order valence-corrected chi connectivity index (χ0v) is 5.88. The molecule has 0 rings (SSSR count). The molecule has 0 aromatic heterocycles. The van der Waals surface area contributed by atoms with Gasteiger partial charge in [-0.1, -0.05) is 11.2 Å². The summed E-state index contributed by atoms with van der Waals surface area (Å²) in [5, 5.41) is 6.50. The molecule has 3 nitrogen and oxygen atoms in total. The summed E-state index contributed by atoms with van der Waals surface area (Å²) in [6.45, 7) is 0. The largest absolute Gasteiger partial charge is 0.617 e. The first-order valence-electron chi connectivity index (χ1n) is 1.24. The zero-order chi connectivity index (χ0) is 5.58. The molecule has 0 spiro atoms. The van der Waals surface area contributed by atoms with Gasteiger partial charge in [0, 0.05) is 0 Å². The number of nitrogens with two attached hydrogens (primary N) is 1. The minimum Gasteiger partial charge on any atom is -0.617 e. The maximum atomic E-state index is 9.56. The van der Waals surface area contributed by atoms with Crippen molar-refractivity contribution in [3.05, 3.63) is 0 Å². The van der Waals surface area contributed by atoms with Crippen LogP contribution in [0.3, 0.4) is 0 Å². The van der Waals surface area contributed by atoms with Crippen LogP contribution >= 0.6 is 12.4 Å². The highest BCUT2D eigenvalue weighted by atomic mass is 35.5. The van der Waals surface area contributed by atoms with Crippen LogP contribution in [0.2, 0.25) is 0 Å². The van der Waals surface area contributed by atoms with Crippen LogP contribution in [0.4, 0.5) is 0 Å². The Bertz CT molecular complexity index is 20.4. The lowest BCUT2D eigenvalue weighted by molar-refractivity contribution is 0.311. The van der Waals surface area contributed by atoms with E-state index in [1.165, 1.54) is 0 Å². The molecule has 0 aliphatic rings. The fourth-order valence-electron chi connectivity index (χ4n) is 0. The third-order valence-corrected chi connectivity index (χ3v) is 0. The van der Waals surface area contributed by atoms with Crippen LogP contribution in [-0.2, 0) is 11.2 Å². The third kappa shape index (κ3) is 493. The van der Waals surface area contributed by atoms with Crippen molar-refractivity contribution >= 4 is 23.6 Å². The molecule has 0 aliphatic heterocycles. The molecule has 0 aromatic rings. The van der Waals surface area contributed by atoms with Gasteiger partial charge in [0.05, 0.1) is 12.5 Å². The summed E-state index contributed by atoms with van der Waals surface area (Å²) in [6.07, 6.45) is 3.28. The first-order valence-corrected chi connectivity index (χ1v) is 3.21. The van der Waals surface area contributed by atoms with Crippen molar-refractivity contribution in [3.63, 3.8) is 0 Å². The molecule has 48 valence electrons. The minimum absolute atomic E-state index is 0. The van der Waals surface area contributed by atoms with E-state index in [1.54, 1.807) is 12.5 Å². The van der Waals surface area contributed by atoms with E-state index < -0.39 is 11.2 Å². The average Bonchev–Trinajstić information content (AvgIpc) is 1.41. The summed E-state index contributed by atoms with van der Waals surface area (Å²) in [4.78, 5) is 0. The van der Waals surface area contributed by atoms with Gasteiger partial charge >= 0.3 is 0 Å². The molecule has 0 heterocycles. The Morgan fingerprint density at radius 2 is 1.43 bits per heavy atom. The fourth-order valence-corrected chi connectivity index (χ4v) is 0. The van der Waals surface area contributed by atoms with Crippen molar-refractivity contribution in [2.24, 2.45) is 5.90 Å². The van der Waals surface area contributed by atoms with Gasteiger partial charge < -0.3 is 9.76 Å². The van der Waals surface area contributed by atoms with E-state index >= 15 is 0 Å². The smallest absolute Gasteiger partial charge is 0.0946 e. The van der Waals surface area contributed by atoms with Crippen LogP contribution in [0.5, 0.6) is 0 Å². The fraction of sp³-hybridized carbons (Fsp3) is 1.00. The molecule has 0 aliphatic carbocycles. The van der Waals surface area contributed by atoms with Gasteiger partial charge in [0.1, 0.15) is 0 Å². The van der Waals surface area contributed by atoms with Crippen molar-refractivity contribution in [2.45, 2.75) is 0 Å². The lowest BCUT2D eigenvalue weighted by Gasteiger charge is -1.87. The molecular weight excluding hydrogens is 138 g/mol. The monoisotopic (exact) mass is 147 g/mol. The molecule has 0 amide bonds. The average molecular weight is 148 g/mol. The molecule has 0 radical (unpaired) electrons. The predicted molar refractivity (Wildman–Crippen MR) is 33.2 cm³/mol. The number of halogens is 1. The standard InChI is InChI=1S/C2H6OS.ClH.H3NO/c1-4(2)3;;1-2/h1-2H3;1H;2H,1H2. The first-order chi connectivity index (χ1) is 2.73. The van der Waals surface area contributed by atoms with E-state index in [1.807, 2.05) is 0 Å². The summed E-state index contributed by atoms with van der Waals surface area (Å²) in [7, 11) is 0. The first kappa shape index (κ1) is 15.6. The van der Waals surface area contributed by atoms with E-state index in [-0.39, 0.29) is 12.4 Å². The van der Waals surface area contributed by atoms with Gasteiger partial charge in [0.15, 0.2) is 0 Å². The highest BCUT2D eigenvalue weighted by Gasteiger charge is 1.66. The number of rotatable bonds is 0. The Hall–Kier alpha value is 0.520. The van der Waals surface area contributed by atoms with Crippen LogP contribution in [0.25, 0.3) is 0 Å². The van der Waals surface area contributed by atoms with Crippen molar-refractivity contribution in [2.75, 3.05) is 12.5 Å². The van der Waals surface area contributed by atoms with E-state index in [0.29, 0.717) is 0 Å². The lowest BCUT2D eigenvalue weighted by Crippen LogP contribution is -1.86. The normalized spacial score (nSPS) is 6.00. The Balaban J connectivity index is -0.0000000480. The highest BCUT2D eigenvalue weighted by Crippen LogP contribution is 1.61. The molecule has 0 fully saturated rings. The topological polar surface area (TPSA) is 69.3 Å². The van der Waals surface area contributed by atoms with Crippen LogP contribution in [0, 0.1) is 0 Å². The summed E-state index contributed by atoms with van der Waals surface area (Å²) in [5.74, 6) is 3.50. The summed E-state index contributed by atoms with van der Waals surface area (Å²) >= 11 is -0.611. The minimum atomic E-state index is -0.611. The summed E-state index contributed by atoms with van der Waals surface area (Å²) in [6, 6.07) is 0. The molecule has 0 atom stereocenters. The predicted octanol–water partition coefficient (Wildman–Crippen LogP) is -0.249. The van der Waals surface area contributed by atoms with Gasteiger partial charge in [-0.25, -0.2) is 5.90 Å². The Kier molecular flexibility index (Phi) is 35.8. The van der Waals surface area contributed by atoms with Crippen LogP contribution in [0.15, 0.2) is 0 Å². The van der Waals surface area contributed by atoms with Crippen molar-refractivity contribution < 1.29 is 9.76 Å². The van der Waals surface area contributed by atoms with Gasteiger partial charge in [0.25, 0.3) is 0 Å². The van der Waals surface area contributed by atoms with Gasteiger partial charge in [-0.2, -0.15) is 0 Å². The van der Waals surface area contributed by atoms with Gasteiger partial charge in [0.2, 0.25) is 0 Å². The molecule has 0 bridgehead atoms. The molecular formula is C2H10ClNO2S. The molecule has 7 heavy (non-hydrogen) atoms. The third-order valence-electron chi connectivity index (χ3n) is 0. The van der Waals surface area contributed by atoms with Gasteiger partial charge in [-0.05, 0) is 0 Å². The maximum Gasteiger partial charge on any atom is 0.0946 e. The Morgan fingerprint density at radius 3 is 1.43 bits per heavy atom. The Labute approximate surface area is 52.4 Å². The van der Waals surface area contributed by atoms with Gasteiger partial charge in [-0.3, -0.25) is 0 Å². The maximum absolute atomic E-state index is 9.56. The zero-order valence-electron chi connectivity index (χ0n) is 4.25. The summed E-state index contributed by atoms with van der Waals surface area (Å²) in [5.41, 5.74) is 0. The van der Waals surface area contributed by atoms with E-state index in [4.69, 9.17) is 5.21 Å².